The monoisotopic (exact) mass is 330 g/mol. The third-order valence-corrected chi connectivity index (χ3v) is 4.02. The molecule has 0 heterocycles. The van der Waals surface area contributed by atoms with Crippen molar-refractivity contribution in [3.05, 3.63) is 34.9 Å². The van der Waals surface area contributed by atoms with Crippen LogP contribution in [0.1, 0.15) is 32.3 Å². The molecule has 0 radical (unpaired) electrons. The van der Waals surface area contributed by atoms with Crippen LogP contribution in [0.4, 0.5) is 0 Å². The van der Waals surface area contributed by atoms with Gasteiger partial charge in [0.05, 0.1) is 6.54 Å². The van der Waals surface area contributed by atoms with Crippen molar-refractivity contribution in [1.82, 2.24) is 10.6 Å². The molecule has 2 rings (SSSR count). The number of carbonyl (C=O) groups is 1. The van der Waals surface area contributed by atoms with Gasteiger partial charge in [-0.2, -0.15) is 0 Å². The van der Waals surface area contributed by atoms with Crippen LogP contribution in [0.25, 0.3) is 0 Å². The summed E-state index contributed by atoms with van der Waals surface area (Å²) in [7, 11) is 0. The second-order valence-electron chi connectivity index (χ2n) is 6.24. The van der Waals surface area contributed by atoms with E-state index in [-0.39, 0.29) is 23.7 Å². The topological polar surface area (TPSA) is 41.1 Å². The Morgan fingerprint density at radius 2 is 1.90 bits per heavy atom. The average molecular weight is 331 g/mol. The van der Waals surface area contributed by atoms with Crippen molar-refractivity contribution >= 4 is 29.9 Å². The fourth-order valence-corrected chi connectivity index (χ4v) is 2.22. The molecule has 1 aromatic carbocycles. The Balaban J connectivity index is 0.00000220. The van der Waals surface area contributed by atoms with Gasteiger partial charge in [-0.25, -0.2) is 0 Å². The number of nitrogens with one attached hydrogen (secondary N) is 2. The third kappa shape index (κ3) is 6.25. The van der Waals surface area contributed by atoms with Gasteiger partial charge in [0, 0.05) is 17.0 Å². The van der Waals surface area contributed by atoms with Crippen LogP contribution < -0.4 is 10.6 Å². The zero-order chi connectivity index (χ0) is 14.6. The number of rotatable bonds is 7. The van der Waals surface area contributed by atoms with E-state index in [4.69, 9.17) is 11.6 Å². The molecular weight excluding hydrogens is 307 g/mol. The van der Waals surface area contributed by atoms with Crippen molar-refractivity contribution in [3.8, 4) is 0 Å². The standard InChI is InChI=1S/C16H23ClN2O.ClH/c1-16(2,13-5-7-14(17)8-6-13)11-19-15(20)10-18-9-12-3-4-12;/h5-8,12,18H,3-4,9-11H2,1-2H3,(H,19,20);1H. The molecule has 0 saturated heterocycles. The molecule has 1 aromatic rings. The first kappa shape index (κ1) is 18.3. The number of hydrogen-bond donors (Lipinski definition) is 2. The van der Waals surface area contributed by atoms with Gasteiger partial charge in [-0.15, -0.1) is 12.4 Å². The van der Waals surface area contributed by atoms with Gasteiger partial charge in [0.2, 0.25) is 5.91 Å². The van der Waals surface area contributed by atoms with E-state index in [0.29, 0.717) is 13.1 Å². The highest BCUT2D eigenvalue weighted by molar-refractivity contribution is 6.30. The van der Waals surface area contributed by atoms with E-state index >= 15 is 0 Å². The lowest BCUT2D eigenvalue weighted by molar-refractivity contribution is -0.120. The Bertz CT molecular complexity index is 456. The smallest absolute Gasteiger partial charge is 0.233 e. The summed E-state index contributed by atoms with van der Waals surface area (Å²) in [6.45, 7) is 6.24. The van der Waals surface area contributed by atoms with Gasteiger partial charge in [0.25, 0.3) is 0 Å². The molecule has 1 aliphatic rings. The Kier molecular flexibility index (Phi) is 6.98. The fraction of sp³-hybridized carbons (Fsp3) is 0.562. The number of benzene rings is 1. The summed E-state index contributed by atoms with van der Waals surface area (Å²) < 4.78 is 0. The summed E-state index contributed by atoms with van der Waals surface area (Å²) in [5.41, 5.74) is 1.07. The highest BCUT2D eigenvalue weighted by atomic mass is 35.5. The van der Waals surface area contributed by atoms with E-state index in [1.165, 1.54) is 18.4 Å². The first-order valence-corrected chi connectivity index (χ1v) is 7.58. The molecule has 1 aliphatic carbocycles. The maximum atomic E-state index is 11.8. The molecule has 0 atom stereocenters. The summed E-state index contributed by atoms with van der Waals surface area (Å²) >= 11 is 5.90. The maximum Gasteiger partial charge on any atom is 0.233 e. The SMILES string of the molecule is CC(C)(CNC(=O)CNCC1CC1)c1ccc(Cl)cc1.Cl. The first-order valence-electron chi connectivity index (χ1n) is 7.21. The lowest BCUT2D eigenvalue weighted by Crippen LogP contribution is -2.41. The van der Waals surface area contributed by atoms with Gasteiger partial charge in [-0.3, -0.25) is 4.79 Å². The number of amides is 1. The molecule has 1 saturated carbocycles. The van der Waals surface area contributed by atoms with E-state index in [2.05, 4.69) is 24.5 Å². The number of carbonyl (C=O) groups excluding carboxylic acids is 1. The van der Waals surface area contributed by atoms with E-state index in [0.717, 1.165) is 17.5 Å². The lowest BCUT2D eigenvalue weighted by Gasteiger charge is -2.25. The van der Waals surface area contributed by atoms with E-state index < -0.39 is 0 Å². The number of hydrogen-bond acceptors (Lipinski definition) is 2. The third-order valence-electron chi connectivity index (χ3n) is 3.77. The quantitative estimate of drug-likeness (QED) is 0.806. The van der Waals surface area contributed by atoms with Crippen molar-refractivity contribution in [2.24, 2.45) is 5.92 Å². The largest absolute Gasteiger partial charge is 0.354 e. The van der Waals surface area contributed by atoms with Crippen molar-refractivity contribution in [1.29, 1.82) is 0 Å². The van der Waals surface area contributed by atoms with Crippen LogP contribution in [-0.2, 0) is 10.2 Å². The maximum absolute atomic E-state index is 11.8. The molecule has 0 bridgehead atoms. The highest BCUT2D eigenvalue weighted by Gasteiger charge is 2.22. The van der Waals surface area contributed by atoms with Crippen molar-refractivity contribution in [3.63, 3.8) is 0 Å². The van der Waals surface area contributed by atoms with Crippen molar-refractivity contribution < 1.29 is 4.79 Å². The van der Waals surface area contributed by atoms with Gasteiger partial charge < -0.3 is 10.6 Å². The molecule has 3 nitrogen and oxygen atoms in total. The normalized spacial score (nSPS) is 14.4. The van der Waals surface area contributed by atoms with Crippen LogP contribution in [0.2, 0.25) is 5.02 Å². The molecule has 2 N–H and O–H groups in total. The first-order chi connectivity index (χ1) is 9.47. The van der Waals surface area contributed by atoms with Crippen molar-refractivity contribution in [2.45, 2.75) is 32.1 Å². The van der Waals surface area contributed by atoms with Crippen LogP contribution in [0.3, 0.4) is 0 Å². The summed E-state index contributed by atoms with van der Waals surface area (Å²) in [5.74, 6) is 0.862. The van der Waals surface area contributed by atoms with Crippen LogP contribution >= 0.6 is 24.0 Å². The molecule has 0 aromatic heterocycles. The minimum absolute atomic E-state index is 0. The van der Waals surface area contributed by atoms with E-state index in [1.54, 1.807) is 0 Å². The molecule has 1 amide bonds. The predicted octanol–water partition coefficient (Wildman–Crippen LogP) is 3.16. The summed E-state index contributed by atoms with van der Waals surface area (Å²) in [6, 6.07) is 7.80. The lowest BCUT2D eigenvalue weighted by atomic mass is 9.84. The molecule has 5 heteroatoms. The molecule has 1 fully saturated rings. The zero-order valence-electron chi connectivity index (χ0n) is 12.6. The summed E-state index contributed by atoms with van der Waals surface area (Å²) in [5, 5.41) is 6.93. The molecule has 21 heavy (non-hydrogen) atoms. The van der Waals surface area contributed by atoms with Crippen LogP contribution in [0.15, 0.2) is 24.3 Å². The second kappa shape index (κ2) is 8.02. The van der Waals surface area contributed by atoms with Gasteiger partial charge in [0.1, 0.15) is 0 Å². The predicted molar refractivity (Wildman–Crippen MR) is 90.3 cm³/mol. The van der Waals surface area contributed by atoms with E-state index in [9.17, 15) is 4.79 Å². The molecule has 0 spiro atoms. The van der Waals surface area contributed by atoms with E-state index in [1.807, 2.05) is 24.3 Å². The molecule has 118 valence electrons. The summed E-state index contributed by atoms with van der Waals surface area (Å²) in [4.78, 5) is 11.8. The zero-order valence-corrected chi connectivity index (χ0v) is 14.2. The Labute approximate surface area is 138 Å². The fourth-order valence-electron chi connectivity index (χ4n) is 2.10. The molecular formula is C16H24Cl2N2O. The van der Waals surface area contributed by atoms with Crippen LogP contribution in [0, 0.1) is 5.92 Å². The van der Waals surface area contributed by atoms with Crippen LogP contribution in [0.5, 0.6) is 0 Å². The van der Waals surface area contributed by atoms with Gasteiger partial charge in [-0.05, 0) is 43.0 Å². The summed E-state index contributed by atoms with van der Waals surface area (Å²) in [6.07, 6.45) is 2.61. The van der Waals surface area contributed by atoms with Gasteiger partial charge >= 0.3 is 0 Å². The Morgan fingerprint density at radius 3 is 2.48 bits per heavy atom. The Morgan fingerprint density at radius 1 is 1.29 bits per heavy atom. The Hall–Kier alpha value is -0.770. The minimum Gasteiger partial charge on any atom is -0.354 e. The highest BCUT2D eigenvalue weighted by Crippen LogP contribution is 2.27. The van der Waals surface area contributed by atoms with Crippen molar-refractivity contribution in [2.75, 3.05) is 19.6 Å². The average Bonchev–Trinajstić information content (AvgIpc) is 3.21. The van der Waals surface area contributed by atoms with Gasteiger partial charge in [-0.1, -0.05) is 37.6 Å². The van der Waals surface area contributed by atoms with Gasteiger partial charge in [0.15, 0.2) is 0 Å². The minimum atomic E-state index is -0.100. The number of halogens is 2. The second-order valence-corrected chi connectivity index (χ2v) is 6.68. The molecule has 0 unspecified atom stereocenters. The van der Waals surface area contributed by atoms with Crippen LogP contribution in [-0.4, -0.2) is 25.5 Å². The molecule has 0 aliphatic heterocycles.